The smallest absolute Gasteiger partial charge is 0.389 e. The minimum atomic E-state index is -4.18. The zero-order valence-electron chi connectivity index (χ0n) is 10.3. The van der Waals surface area contributed by atoms with E-state index in [0.717, 1.165) is 0 Å². The second-order valence-electron chi connectivity index (χ2n) is 3.83. The maximum Gasteiger partial charge on any atom is 0.389 e. The summed E-state index contributed by atoms with van der Waals surface area (Å²) < 4.78 is 46.9. The lowest BCUT2D eigenvalue weighted by atomic mass is 10.2. The highest BCUT2D eigenvalue weighted by atomic mass is 79.9. The highest BCUT2D eigenvalue weighted by molar-refractivity contribution is 9.10. The quantitative estimate of drug-likeness (QED) is 0.801. The van der Waals surface area contributed by atoms with E-state index in [1.165, 1.54) is 7.11 Å². The number of halogens is 4. The first-order chi connectivity index (χ1) is 8.87. The van der Waals surface area contributed by atoms with Crippen LogP contribution in [0, 0.1) is 0 Å². The van der Waals surface area contributed by atoms with Gasteiger partial charge in [0.05, 0.1) is 24.8 Å². The maximum atomic E-state index is 12.0. The molecule has 0 fully saturated rings. The van der Waals surface area contributed by atoms with Crippen LogP contribution in [0.3, 0.4) is 0 Å². The van der Waals surface area contributed by atoms with E-state index in [4.69, 9.17) is 14.6 Å². The molecule has 0 spiro atoms. The molecule has 0 heterocycles. The summed E-state index contributed by atoms with van der Waals surface area (Å²) in [4.78, 5) is 0. The summed E-state index contributed by atoms with van der Waals surface area (Å²) in [6.07, 6.45) is -5.19. The zero-order valence-corrected chi connectivity index (χ0v) is 11.8. The first kappa shape index (κ1) is 16.1. The Bertz CT molecular complexity index is 421. The molecule has 0 aromatic heterocycles. The minimum absolute atomic E-state index is 0.0626. The molecule has 0 aliphatic carbocycles. The Morgan fingerprint density at radius 1 is 1.32 bits per heavy atom. The van der Waals surface area contributed by atoms with Gasteiger partial charge in [0.15, 0.2) is 11.5 Å². The topological polar surface area (TPSA) is 38.7 Å². The second kappa shape index (κ2) is 7.00. The Labute approximate surface area is 117 Å². The number of alkyl halides is 3. The Morgan fingerprint density at radius 2 is 2.00 bits per heavy atom. The maximum absolute atomic E-state index is 12.0. The van der Waals surface area contributed by atoms with Crippen LogP contribution in [0.25, 0.3) is 0 Å². The summed E-state index contributed by atoms with van der Waals surface area (Å²) in [6.45, 7) is -0.226. The number of hydrogen-bond donors (Lipinski definition) is 1. The van der Waals surface area contributed by atoms with Crippen molar-refractivity contribution in [3.8, 4) is 11.5 Å². The largest absolute Gasteiger partial charge is 0.493 e. The van der Waals surface area contributed by atoms with Crippen molar-refractivity contribution >= 4 is 15.9 Å². The van der Waals surface area contributed by atoms with Crippen molar-refractivity contribution in [2.75, 3.05) is 13.7 Å². The highest BCUT2D eigenvalue weighted by Crippen LogP contribution is 2.37. The molecule has 0 bridgehead atoms. The SMILES string of the molecule is COc1cc(CO)cc(Br)c1OCCCC(F)(F)F. The number of benzene rings is 1. The van der Waals surface area contributed by atoms with Crippen molar-refractivity contribution in [3.63, 3.8) is 0 Å². The molecule has 1 rings (SSSR count). The lowest BCUT2D eigenvalue weighted by Crippen LogP contribution is -2.10. The molecule has 1 N–H and O–H groups in total. The Hall–Kier alpha value is -0.950. The Morgan fingerprint density at radius 3 is 2.53 bits per heavy atom. The molecule has 0 saturated carbocycles. The molecule has 108 valence electrons. The van der Waals surface area contributed by atoms with E-state index >= 15 is 0 Å². The fraction of sp³-hybridized carbons (Fsp3) is 0.500. The van der Waals surface area contributed by atoms with Crippen LogP contribution in [0.4, 0.5) is 13.2 Å². The lowest BCUT2D eigenvalue weighted by Gasteiger charge is -2.14. The summed E-state index contributed by atoms with van der Waals surface area (Å²) in [5.41, 5.74) is 0.617. The highest BCUT2D eigenvalue weighted by Gasteiger charge is 2.26. The summed E-state index contributed by atoms with van der Waals surface area (Å²) in [5.74, 6) is 0.701. The van der Waals surface area contributed by atoms with E-state index in [1.54, 1.807) is 12.1 Å². The van der Waals surface area contributed by atoms with E-state index in [-0.39, 0.29) is 19.6 Å². The lowest BCUT2D eigenvalue weighted by molar-refractivity contribution is -0.136. The van der Waals surface area contributed by atoms with Gasteiger partial charge >= 0.3 is 6.18 Å². The van der Waals surface area contributed by atoms with Gasteiger partial charge in [-0.25, -0.2) is 0 Å². The molecule has 0 aliphatic heterocycles. The van der Waals surface area contributed by atoms with Gasteiger partial charge in [0, 0.05) is 6.42 Å². The fourth-order valence-electron chi connectivity index (χ4n) is 1.45. The molecule has 0 atom stereocenters. The summed E-state index contributed by atoms with van der Waals surface area (Å²) in [7, 11) is 1.42. The molecule has 1 aromatic rings. The van der Waals surface area contributed by atoms with Gasteiger partial charge < -0.3 is 14.6 Å². The molecule has 7 heteroatoms. The van der Waals surface area contributed by atoms with E-state index in [0.29, 0.717) is 21.5 Å². The third-order valence-corrected chi connectivity index (χ3v) is 2.91. The van der Waals surface area contributed by atoms with Gasteiger partial charge in [-0.2, -0.15) is 13.2 Å². The first-order valence-electron chi connectivity index (χ1n) is 5.54. The Kier molecular flexibility index (Phi) is 5.93. The monoisotopic (exact) mass is 342 g/mol. The van der Waals surface area contributed by atoms with Crippen LogP contribution in [-0.2, 0) is 6.61 Å². The summed E-state index contributed by atoms with van der Waals surface area (Å²) in [6, 6.07) is 3.20. The third kappa shape index (κ3) is 5.28. The second-order valence-corrected chi connectivity index (χ2v) is 4.69. The first-order valence-corrected chi connectivity index (χ1v) is 6.33. The predicted octanol–water partition coefficient (Wildman–Crippen LogP) is 3.67. The van der Waals surface area contributed by atoms with Crippen LogP contribution in [0.2, 0.25) is 0 Å². The van der Waals surface area contributed by atoms with Crippen LogP contribution < -0.4 is 9.47 Å². The van der Waals surface area contributed by atoms with Crippen molar-refractivity contribution in [1.29, 1.82) is 0 Å². The normalized spacial score (nSPS) is 11.5. The van der Waals surface area contributed by atoms with Crippen LogP contribution >= 0.6 is 15.9 Å². The van der Waals surface area contributed by atoms with Gasteiger partial charge in [0.1, 0.15) is 0 Å². The molecule has 0 amide bonds. The van der Waals surface area contributed by atoms with Crippen molar-refractivity contribution in [2.45, 2.75) is 25.6 Å². The molecule has 0 saturated heterocycles. The number of aliphatic hydroxyl groups excluding tert-OH is 1. The van der Waals surface area contributed by atoms with Gasteiger partial charge in [-0.3, -0.25) is 0 Å². The predicted molar refractivity (Wildman–Crippen MR) is 67.4 cm³/mol. The van der Waals surface area contributed by atoms with E-state index in [2.05, 4.69) is 15.9 Å². The summed E-state index contributed by atoms with van der Waals surface area (Å²) in [5, 5.41) is 9.03. The minimum Gasteiger partial charge on any atom is -0.493 e. The number of methoxy groups -OCH3 is 1. The molecule has 3 nitrogen and oxygen atoms in total. The molecule has 0 aliphatic rings. The van der Waals surface area contributed by atoms with Crippen LogP contribution in [-0.4, -0.2) is 25.0 Å². The van der Waals surface area contributed by atoms with Crippen molar-refractivity contribution < 1.29 is 27.8 Å². The third-order valence-electron chi connectivity index (χ3n) is 2.32. The standard InChI is InChI=1S/C12H14BrF3O3/c1-18-10-6-8(7-17)5-9(13)11(10)19-4-2-3-12(14,15)16/h5-6,17H,2-4,7H2,1H3. The molecule has 0 unspecified atom stereocenters. The van der Waals surface area contributed by atoms with Gasteiger partial charge in [0.2, 0.25) is 0 Å². The van der Waals surface area contributed by atoms with E-state index in [9.17, 15) is 13.2 Å². The average molecular weight is 343 g/mol. The number of ether oxygens (including phenoxy) is 2. The molecular weight excluding hydrogens is 329 g/mol. The van der Waals surface area contributed by atoms with Gasteiger partial charge in [0.25, 0.3) is 0 Å². The Balaban J connectivity index is 2.67. The fourth-order valence-corrected chi connectivity index (χ4v) is 2.06. The van der Waals surface area contributed by atoms with Crippen LogP contribution in [0.15, 0.2) is 16.6 Å². The molecule has 1 aromatic carbocycles. The van der Waals surface area contributed by atoms with Gasteiger partial charge in [-0.15, -0.1) is 0 Å². The zero-order chi connectivity index (χ0) is 14.5. The van der Waals surface area contributed by atoms with Crippen molar-refractivity contribution in [2.24, 2.45) is 0 Å². The van der Waals surface area contributed by atoms with E-state index < -0.39 is 12.6 Å². The van der Waals surface area contributed by atoms with Gasteiger partial charge in [-0.1, -0.05) is 0 Å². The van der Waals surface area contributed by atoms with Crippen LogP contribution in [0.5, 0.6) is 11.5 Å². The molecule has 0 radical (unpaired) electrons. The number of rotatable bonds is 6. The number of aliphatic hydroxyl groups is 1. The molecule has 19 heavy (non-hydrogen) atoms. The average Bonchev–Trinajstić information content (AvgIpc) is 2.34. The molecular formula is C12H14BrF3O3. The van der Waals surface area contributed by atoms with Gasteiger partial charge in [-0.05, 0) is 40.0 Å². The number of hydrogen-bond acceptors (Lipinski definition) is 3. The van der Waals surface area contributed by atoms with Crippen LogP contribution in [0.1, 0.15) is 18.4 Å². The summed E-state index contributed by atoms with van der Waals surface area (Å²) >= 11 is 3.23. The van der Waals surface area contributed by atoms with Crippen molar-refractivity contribution in [1.82, 2.24) is 0 Å². The van der Waals surface area contributed by atoms with E-state index in [1.807, 2.05) is 0 Å². The van der Waals surface area contributed by atoms with Crippen molar-refractivity contribution in [3.05, 3.63) is 22.2 Å².